The molecule has 0 bridgehead atoms. The highest BCUT2D eigenvalue weighted by molar-refractivity contribution is 7.79. The molecule has 1 fully saturated rings. The zero-order valence-corrected chi connectivity index (χ0v) is 21.6. The zero-order chi connectivity index (χ0) is 23.6. The summed E-state index contributed by atoms with van der Waals surface area (Å²) < 4.78 is 36.9. The van der Waals surface area contributed by atoms with Gasteiger partial charge in [-0.2, -0.15) is 8.42 Å². The van der Waals surface area contributed by atoms with E-state index >= 15 is 0 Å². The molecule has 0 radical (unpaired) electrons. The van der Waals surface area contributed by atoms with E-state index in [1.54, 1.807) is 0 Å². The summed E-state index contributed by atoms with van der Waals surface area (Å²) in [7, 11) is -4.67. The lowest BCUT2D eigenvalue weighted by Crippen LogP contribution is -2.37. The highest BCUT2D eigenvalue weighted by Crippen LogP contribution is 2.13. The van der Waals surface area contributed by atoms with Crippen molar-refractivity contribution in [3.8, 4) is 0 Å². The minimum atomic E-state index is -4.67. The fourth-order valence-electron chi connectivity index (χ4n) is 3.50. The van der Waals surface area contributed by atoms with Crippen LogP contribution in [-0.2, 0) is 15.1 Å². The summed E-state index contributed by atoms with van der Waals surface area (Å²) in [4.78, 5) is 0. The van der Waals surface area contributed by atoms with Crippen LogP contribution in [0.5, 0.6) is 0 Å². The summed E-state index contributed by atoms with van der Waals surface area (Å²) in [6.07, 6.45) is 25.0. The molecule has 0 aromatic rings. The molecule has 1 atom stereocenters. The fraction of sp³-hybridized carbons (Fsp3) is 1.00. The Hall–Kier alpha value is -0.210. The largest absolute Gasteiger partial charge is 0.394 e. The third-order valence-electron chi connectivity index (χ3n) is 5.42. The highest BCUT2D eigenvalue weighted by Gasteiger charge is 2.08. The molecule has 0 amide bonds. The van der Waals surface area contributed by atoms with Gasteiger partial charge in [-0.15, -0.1) is 0 Å². The molecule has 0 aromatic carbocycles. The van der Waals surface area contributed by atoms with Gasteiger partial charge in [0.25, 0.3) is 0 Å². The van der Waals surface area contributed by atoms with Gasteiger partial charge in [-0.1, -0.05) is 124 Å². The number of ether oxygens (including phenoxy) is 1. The number of morpholine rings is 1. The van der Waals surface area contributed by atoms with E-state index in [-0.39, 0.29) is 0 Å². The maximum absolute atomic E-state index is 8.74. The van der Waals surface area contributed by atoms with Gasteiger partial charge in [0, 0.05) is 13.1 Å². The van der Waals surface area contributed by atoms with Gasteiger partial charge in [0.05, 0.1) is 12.7 Å². The van der Waals surface area contributed by atoms with Crippen LogP contribution in [0, 0.1) is 0 Å². The number of hydrogen-bond acceptors (Lipinski definition) is 4. The van der Waals surface area contributed by atoms with Gasteiger partial charge in [-0.05, 0) is 6.42 Å². The van der Waals surface area contributed by atoms with E-state index < -0.39 is 10.4 Å². The van der Waals surface area contributed by atoms with Crippen LogP contribution in [0.15, 0.2) is 0 Å². The molecular formula is C24H53NO5S. The molecule has 31 heavy (non-hydrogen) atoms. The second-order valence-electron chi connectivity index (χ2n) is 8.50. The molecular weight excluding hydrogens is 414 g/mol. The Bertz CT molecular complexity index is 402. The van der Waals surface area contributed by atoms with E-state index in [4.69, 9.17) is 22.3 Å². The number of nitrogens with one attached hydrogen (secondary N) is 1. The number of rotatable bonds is 16. The Kier molecular flexibility index (Phi) is 27.7. The van der Waals surface area contributed by atoms with Gasteiger partial charge in [-0.25, -0.2) is 0 Å². The molecule has 6 nitrogen and oxygen atoms in total. The Morgan fingerprint density at radius 3 is 1.23 bits per heavy atom. The quantitative estimate of drug-likeness (QED) is 0.167. The first-order valence-corrected chi connectivity index (χ1v) is 14.3. The highest BCUT2D eigenvalue weighted by atomic mass is 32.3. The SMILES string of the molecule is CCC1CNCCO1.CCCCCCCCCCCCCCCCCC.O=S(=O)(O)O. The molecule has 0 aliphatic carbocycles. The van der Waals surface area contributed by atoms with Crippen LogP contribution < -0.4 is 5.32 Å². The Morgan fingerprint density at radius 1 is 0.710 bits per heavy atom. The second kappa shape index (κ2) is 26.0. The average Bonchev–Trinajstić information content (AvgIpc) is 2.74. The zero-order valence-electron chi connectivity index (χ0n) is 20.7. The maximum Gasteiger partial charge on any atom is 0.394 e. The predicted molar refractivity (Wildman–Crippen MR) is 132 cm³/mol. The smallest absolute Gasteiger partial charge is 0.376 e. The summed E-state index contributed by atoms with van der Waals surface area (Å²) in [5.74, 6) is 0. The van der Waals surface area contributed by atoms with Crippen molar-refractivity contribution < 1.29 is 22.3 Å². The molecule has 1 unspecified atom stereocenters. The van der Waals surface area contributed by atoms with E-state index in [1.165, 1.54) is 103 Å². The van der Waals surface area contributed by atoms with E-state index in [0.29, 0.717) is 6.10 Å². The molecule has 0 spiro atoms. The predicted octanol–water partition coefficient (Wildman–Crippen LogP) is 7.00. The summed E-state index contributed by atoms with van der Waals surface area (Å²) in [5, 5.41) is 3.26. The van der Waals surface area contributed by atoms with Crippen molar-refractivity contribution in [2.45, 2.75) is 136 Å². The molecule has 1 rings (SSSR count). The van der Waals surface area contributed by atoms with Crippen LogP contribution in [-0.4, -0.2) is 43.3 Å². The topological polar surface area (TPSA) is 95.9 Å². The number of unbranched alkanes of at least 4 members (excludes halogenated alkanes) is 15. The third-order valence-corrected chi connectivity index (χ3v) is 5.42. The molecule has 1 saturated heterocycles. The van der Waals surface area contributed by atoms with Gasteiger partial charge < -0.3 is 10.1 Å². The van der Waals surface area contributed by atoms with Gasteiger partial charge in [0.2, 0.25) is 0 Å². The summed E-state index contributed by atoms with van der Waals surface area (Å²) in [6, 6.07) is 0. The second-order valence-corrected chi connectivity index (χ2v) is 9.40. The van der Waals surface area contributed by atoms with Crippen LogP contribution in [0.25, 0.3) is 0 Å². The van der Waals surface area contributed by atoms with Crippen molar-refractivity contribution in [3.63, 3.8) is 0 Å². The van der Waals surface area contributed by atoms with Crippen molar-refractivity contribution in [3.05, 3.63) is 0 Å². The normalized spacial score (nSPS) is 16.1. The van der Waals surface area contributed by atoms with Crippen LogP contribution in [0.3, 0.4) is 0 Å². The first-order chi connectivity index (χ1) is 14.8. The summed E-state index contributed by atoms with van der Waals surface area (Å²) in [6.45, 7) is 9.69. The molecule has 3 N–H and O–H groups in total. The Labute approximate surface area is 193 Å². The van der Waals surface area contributed by atoms with Crippen molar-refractivity contribution in [2.24, 2.45) is 0 Å². The van der Waals surface area contributed by atoms with E-state index in [2.05, 4.69) is 26.1 Å². The lowest BCUT2D eigenvalue weighted by atomic mass is 10.0. The molecule has 190 valence electrons. The Balaban J connectivity index is 0. The fourth-order valence-corrected chi connectivity index (χ4v) is 3.50. The molecule has 0 aromatic heterocycles. The Morgan fingerprint density at radius 2 is 1.03 bits per heavy atom. The lowest BCUT2D eigenvalue weighted by Gasteiger charge is -2.21. The van der Waals surface area contributed by atoms with Crippen LogP contribution >= 0.6 is 0 Å². The number of hydrogen-bond donors (Lipinski definition) is 3. The molecule has 7 heteroatoms. The van der Waals surface area contributed by atoms with Crippen LogP contribution in [0.2, 0.25) is 0 Å². The summed E-state index contributed by atoms with van der Waals surface area (Å²) in [5.41, 5.74) is 0. The van der Waals surface area contributed by atoms with E-state index in [9.17, 15) is 0 Å². The molecule has 0 saturated carbocycles. The van der Waals surface area contributed by atoms with Crippen molar-refractivity contribution in [2.75, 3.05) is 19.7 Å². The monoisotopic (exact) mass is 467 g/mol. The maximum atomic E-state index is 8.74. The van der Waals surface area contributed by atoms with E-state index in [1.807, 2.05) is 0 Å². The van der Waals surface area contributed by atoms with Gasteiger partial charge in [-0.3, -0.25) is 9.11 Å². The lowest BCUT2D eigenvalue weighted by molar-refractivity contribution is 0.0267. The first-order valence-electron chi connectivity index (χ1n) is 12.9. The molecule has 1 heterocycles. The first kappa shape index (κ1) is 33.0. The third kappa shape index (κ3) is 37.4. The minimum Gasteiger partial charge on any atom is -0.376 e. The van der Waals surface area contributed by atoms with Crippen molar-refractivity contribution in [1.29, 1.82) is 0 Å². The average molecular weight is 468 g/mol. The van der Waals surface area contributed by atoms with Gasteiger partial charge in [0.15, 0.2) is 0 Å². The van der Waals surface area contributed by atoms with Gasteiger partial charge >= 0.3 is 10.4 Å². The van der Waals surface area contributed by atoms with Crippen molar-refractivity contribution >= 4 is 10.4 Å². The van der Waals surface area contributed by atoms with Crippen LogP contribution in [0.1, 0.15) is 130 Å². The minimum absolute atomic E-state index is 0.476. The molecule has 1 aliphatic rings. The van der Waals surface area contributed by atoms with Crippen molar-refractivity contribution in [1.82, 2.24) is 5.32 Å². The van der Waals surface area contributed by atoms with Crippen LogP contribution in [0.4, 0.5) is 0 Å². The van der Waals surface area contributed by atoms with E-state index in [0.717, 1.165) is 26.1 Å². The van der Waals surface area contributed by atoms with Gasteiger partial charge in [0.1, 0.15) is 0 Å². The standard InChI is InChI=1S/C18H38.C6H13NO.H2O4S/c1-3-5-7-9-11-13-15-17-18-16-14-12-10-8-6-4-2;1-2-6-5-7-3-4-8-6;1-5(2,3)4/h3-18H2,1-2H3;6-7H,2-5H2,1H3;(H2,1,2,3,4). The summed E-state index contributed by atoms with van der Waals surface area (Å²) >= 11 is 0. The molecule has 1 aliphatic heterocycles.